The summed E-state index contributed by atoms with van der Waals surface area (Å²) >= 11 is 0. The molecule has 0 saturated carbocycles. The summed E-state index contributed by atoms with van der Waals surface area (Å²) in [6.45, 7) is 10.2. The maximum absolute atomic E-state index is 5.28. The van der Waals surface area contributed by atoms with Crippen molar-refractivity contribution in [3.63, 3.8) is 0 Å². The van der Waals surface area contributed by atoms with E-state index in [2.05, 4.69) is 39.6 Å². The van der Waals surface area contributed by atoms with Gasteiger partial charge in [0.25, 0.3) is 0 Å². The molecule has 0 N–H and O–H groups in total. The van der Waals surface area contributed by atoms with Crippen molar-refractivity contribution in [2.24, 2.45) is 5.92 Å². The van der Waals surface area contributed by atoms with Crippen molar-refractivity contribution >= 4 is 0 Å². The number of hydrogen-bond donors (Lipinski definition) is 0. The minimum Gasteiger partial charge on any atom is -0.384 e. The first-order valence-electron chi connectivity index (χ1n) is 5.52. The number of piperidine rings is 1. The summed E-state index contributed by atoms with van der Waals surface area (Å²) < 4.78 is 5.28. The summed E-state index contributed by atoms with van der Waals surface area (Å²) in [5.41, 5.74) is 0.593. The molecular weight excluding hydrogens is 174 g/mol. The molecular formula is C12H25NO. The van der Waals surface area contributed by atoms with Crippen LogP contribution < -0.4 is 0 Å². The Hall–Kier alpha value is -0.0800. The number of likely N-dealkylation sites (tertiary alicyclic amines) is 1. The Balaban J connectivity index is 2.75. The highest BCUT2D eigenvalue weighted by molar-refractivity contribution is 4.98. The van der Waals surface area contributed by atoms with Crippen molar-refractivity contribution in [3.05, 3.63) is 0 Å². The van der Waals surface area contributed by atoms with Gasteiger partial charge in [0.05, 0.1) is 0 Å². The fraction of sp³-hybridized carbons (Fsp3) is 1.00. The lowest BCUT2D eigenvalue weighted by Gasteiger charge is -2.53. The zero-order valence-electron chi connectivity index (χ0n) is 10.6. The van der Waals surface area contributed by atoms with Gasteiger partial charge in [-0.2, -0.15) is 0 Å². The average molecular weight is 199 g/mol. The molecule has 1 fully saturated rings. The quantitative estimate of drug-likeness (QED) is 0.677. The van der Waals surface area contributed by atoms with Gasteiger partial charge in [-0.15, -0.1) is 0 Å². The Morgan fingerprint density at radius 3 is 1.93 bits per heavy atom. The topological polar surface area (TPSA) is 12.5 Å². The number of nitrogens with zero attached hydrogens (tertiary/aromatic N) is 1. The summed E-state index contributed by atoms with van der Waals surface area (Å²) in [7, 11) is 4.04. The van der Waals surface area contributed by atoms with Crippen molar-refractivity contribution in [2.75, 3.05) is 20.8 Å². The standard InChI is InChI=1S/C12H25NO/c1-11(2)7-10(9-14-6)8-12(3,4)13(11)5/h10H,7-9H2,1-6H3. The van der Waals surface area contributed by atoms with Crippen molar-refractivity contribution in [1.29, 1.82) is 0 Å². The van der Waals surface area contributed by atoms with E-state index in [1.54, 1.807) is 7.11 Å². The zero-order valence-corrected chi connectivity index (χ0v) is 10.6. The SMILES string of the molecule is COCC1CC(C)(C)N(C)C(C)(C)C1. The van der Waals surface area contributed by atoms with Crippen molar-refractivity contribution in [2.45, 2.75) is 51.6 Å². The van der Waals surface area contributed by atoms with E-state index < -0.39 is 0 Å². The van der Waals surface area contributed by atoms with Gasteiger partial charge in [-0.1, -0.05) is 0 Å². The normalized spacial score (nSPS) is 27.9. The van der Waals surface area contributed by atoms with Gasteiger partial charge in [0.1, 0.15) is 0 Å². The molecule has 0 atom stereocenters. The Labute approximate surface area is 88.6 Å². The van der Waals surface area contributed by atoms with Crippen LogP contribution in [0, 0.1) is 5.92 Å². The second kappa shape index (κ2) is 3.82. The Morgan fingerprint density at radius 1 is 1.14 bits per heavy atom. The molecule has 0 unspecified atom stereocenters. The maximum atomic E-state index is 5.28. The largest absolute Gasteiger partial charge is 0.384 e. The van der Waals surface area contributed by atoms with Gasteiger partial charge in [0.2, 0.25) is 0 Å². The van der Waals surface area contributed by atoms with E-state index in [1.807, 2.05) is 0 Å². The molecule has 0 radical (unpaired) electrons. The molecule has 2 heteroatoms. The van der Waals surface area contributed by atoms with Gasteiger partial charge in [0.15, 0.2) is 0 Å². The molecule has 0 aromatic rings. The minimum atomic E-state index is 0.297. The third kappa shape index (κ3) is 2.29. The number of rotatable bonds is 2. The van der Waals surface area contributed by atoms with Crippen LogP contribution in [0.4, 0.5) is 0 Å². The van der Waals surface area contributed by atoms with Gasteiger partial charge in [-0.3, -0.25) is 4.90 Å². The molecule has 0 bridgehead atoms. The van der Waals surface area contributed by atoms with E-state index in [0.29, 0.717) is 17.0 Å². The van der Waals surface area contributed by atoms with E-state index in [-0.39, 0.29) is 0 Å². The molecule has 0 amide bonds. The van der Waals surface area contributed by atoms with E-state index >= 15 is 0 Å². The number of methoxy groups -OCH3 is 1. The third-order valence-electron chi connectivity index (χ3n) is 3.79. The second-order valence-corrected chi connectivity index (χ2v) is 5.91. The molecule has 1 rings (SSSR count). The second-order valence-electron chi connectivity index (χ2n) is 5.91. The highest BCUT2D eigenvalue weighted by Crippen LogP contribution is 2.39. The first-order valence-corrected chi connectivity index (χ1v) is 5.52. The molecule has 1 saturated heterocycles. The Bertz CT molecular complexity index is 180. The van der Waals surface area contributed by atoms with Gasteiger partial charge in [0, 0.05) is 24.8 Å². The minimum absolute atomic E-state index is 0.297. The monoisotopic (exact) mass is 199 g/mol. The van der Waals surface area contributed by atoms with Crippen LogP contribution in [0.15, 0.2) is 0 Å². The van der Waals surface area contributed by atoms with Gasteiger partial charge in [-0.05, 0) is 53.5 Å². The zero-order chi connectivity index (χ0) is 11.0. The van der Waals surface area contributed by atoms with E-state index in [0.717, 1.165) is 6.61 Å². The van der Waals surface area contributed by atoms with Gasteiger partial charge < -0.3 is 4.74 Å². The Morgan fingerprint density at radius 2 is 1.57 bits per heavy atom. The molecule has 0 aliphatic carbocycles. The molecule has 84 valence electrons. The van der Waals surface area contributed by atoms with Gasteiger partial charge in [-0.25, -0.2) is 0 Å². The summed E-state index contributed by atoms with van der Waals surface area (Å²) in [6, 6.07) is 0. The van der Waals surface area contributed by atoms with Crippen LogP contribution in [0.3, 0.4) is 0 Å². The van der Waals surface area contributed by atoms with Crippen LogP contribution in [0.25, 0.3) is 0 Å². The lowest BCUT2D eigenvalue weighted by atomic mass is 9.74. The smallest absolute Gasteiger partial charge is 0.0491 e. The molecule has 0 aromatic heterocycles. The molecule has 2 nitrogen and oxygen atoms in total. The molecule has 1 heterocycles. The lowest BCUT2D eigenvalue weighted by molar-refractivity contribution is -0.0467. The first-order chi connectivity index (χ1) is 6.29. The molecule has 0 spiro atoms. The van der Waals surface area contributed by atoms with E-state index in [9.17, 15) is 0 Å². The average Bonchev–Trinajstić information content (AvgIpc) is 1.99. The van der Waals surface area contributed by atoms with Crippen LogP contribution in [0.2, 0.25) is 0 Å². The Kier molecular flexibility index (Phi) is 3.27. The predicted molar refractivity (Wildman–Crippen MR) is 60.5 cm³/mol. The maximum Gasteiger partial charge on any atom is 0.0491 e. The summed E-state index contributed by atoms with van der Waals surface area (Å²) in [6.07, 6.45) is 2.47. The fourth-order valence-corrected chi connectivity index (χ4v) is 2.93. The van der Waals surface area contributed by atoms with Crippen LogP contribution in [0.1, 0.15) is 40.5 Å². The molecule has 1 aliphatic heterocycles. The van der Waals surface area contributed by atoms with Crippen molar-refractivity contribution in [1.82, 2.24) is 4.90 Å². The number of ether oxygens (including phenoxy) is 1. The van der Waals surface area contributed by atoms with E-state index in [1.165, 1.54) is 12.8 Å². The summed E-state index contributed by atoms with van der Waals surface area (Å²) in [5.74, 6) is 0.709. The van der Waals surface area contributed by atoms with Gasteiger partial charge >= 0.3 is 0 Å². The fourth-order valence-electron chi connectivity index (χ4n) is 2.93. The van der Waals surface area contributed by atoms with Crippen LogP contribution in [-0.4, -0.2) is 36.7 Å². The summed E-state index contributed by atoms with van der Waals surface area (Å²) in [4.78, 5) is 2.51. The predicted octanol–water partition coefficient (Wildman–Crippen LogP) is 2.53. The number of hydrogen-bond acceptors (Lipinski definition) is 2. The van der Waals surface area contributed by atoms with Crippen LogP contribution in [0.5, 0.6) is 0 Å². The lowest BCUT2D eigenvalue weighted by Crippen LogP contribution is -2.59. The van der Waals surface area contributed by atoms with Crippen molar-refractivity contribution < 1.29 is 4.74 Å². The first kappa shape index (κ1) is 12.0. The summed E-state index contributed by atoms with van der Waals surface area (Å²) in [5, 5.41) is 0. The molecule has 14 heavy (non-hydrogen) atoms. The van der Waals surface area contributed by atoms with Crippen LogP contribution in [-0.2, 0) is 4.74 Å². The van der Waals surface area contributed by atoms with Crippen molar-refractivity contribution in [3.8, 4) is 0 Å². The van der Waals surface area contributed by atoms with Crippen LogP contribution >= 0.6 is 0 Å². The third-order valence-corrected chi connectivity index (χ3v) is 3.79. The molecule has 1 aliphatic rings. The highest BCUT2D eigenvalue weighted by atomic mass is 16.5. The highest BCUT2D eigenvalue weighted by Gasteiger charge is 2.42. The molecule has 0 aromatic carbocycles. The van der Waals surface area contributed by atoms with E-state index in [4.69, 9.17) is 4.74 Å².